The molecule has 8 heteroatoms. The van der Waals surface area contributed by atoms with Gasteiger partial charge < -0.3 is 10.6 Å². The van der Waals surface area contributed by atoms with E-state index in [0.717, 1.165) is 49.3 Å². The summed E-state index contributed by atoms with van der Waals surface area (Å²) >= 11 is 1.69. The minimum Gasteiger partial charge on any atom is -0.357 e. The Morgan fingerprint density at radius 2 is 2.27 bits per heavy atom. The van der Waals surface area contributed by atoms with Crippen molar-refractivity contribution < 1.29 is 0 Å². The van der Waals surface area contributed by atoms with Crippen LogP contribution in [0.4, 0.5) is 0 Å². The Kier molecular flexibility index (Phi) is 9.05. The molecule has 2 heterocycles. The molecule has 2 aromatic heterocycles. The molecule has 6 nitrogen and oxygen atoms in total. The molecular formula is C14H23IN6S. The summed E-state index contributed by atoms with van der Waals surface area (Å²) in [5.41, 5.74) is 1.12. The van der Waals surface area contributed by atoms with Crippen LogP contribution in [0.25, 0.3) is 0 Å². The first-order valence-corrected chi connectivity index (χ1v) is 8.06. The molecule has 0 bridgehead atoms. The van der Waals surface area contributed by atoms with E-state index in [1.54, 1.807) is 17.5 Å². The molecule has 0 aliphatic heterocycles. The van der Waals surface area contributed by atoms with Crippen molar-refractivity contribution in [3.05, 3.63) is 34.5 Å². The second-order valence-electron chi connectivity index (χ2n) is 4.56. The number of guanidine groups is 1. The predicted octanol–water partition coefficient (Wildman–Crippen LogP) is 2.06. The second-order valence-corrected chi connectivity index (χ2v) is 5.63. The molecule has 0 amide bonds. The van der Waals surface area contributed by atoms with Crippen molar-refractivity contribution in [3.8, 4) is 0 Å². The summed E-state index contributed by atoms with van der Waals surface area (Å²) in [6.45, 7) is 7.29. The topological polar surface area (TPSA) is 67.1 Å². The van der Waals surface area contributed by atoms with Crippen LogP contribution in [-0.4, -0.2) is 40.4 Å². The monoisotopic (exact) mass is 434 g/mol. The highest BCUT2D eigenvalue weighted by atomic mass is 127. The van der Waals surface area contributed by atoms with Crippen LogP contribution in [0.15, 0.2) is 28.8 Å². The largest absolute Gasteiger partial charge is 0.357 e. The molecule has 2 N–H and O–H groups in total. The molecule has 22 heavy (non-hydrogen) atoms. The molecule has 0 atom stereocenters. The maximum Gasteiger partial charge on any atom is 0.191 e. The average Bonchev–Trinajstić information content (AvgIpc) is 3.11. The van der Waals surface area contributed by atoms with E-state index in [-0.39, 0.29) is 24.0 Å². The molecule has 2 aromatic rings. The van der Waals surface area contributed by atoms with Crippen molar-refractivity contribution in [2.24, 2.45) is 4.99 Å². The van der Waals surface area contributed by atoms with Gasteiger partial charge in [0.1, 0.15) is 0 Å². The molecule has 122 valence electrons. The first-order valence-electron chi connectivity index (χ1n) is 7.18. The first-order chi connectivity index (χ1) is 10.3. The molecule has 0 radical (unpaired) electrons. The summed E-state index contributed by atoms with van der Waals surface area (Å²) in [4.78, 5) is 9.01. The van der Waals surface area contributed by atoms with Crippen LogP contribution in [0.3, 0.4) is 0 Å². The number of thiazole rings is 1. The smallest absolute Gasteiger partial charge is 0.191 e. The zero-order chi connectivity index (χ0) is 14.9. The van der Waals surface area contributed by atoms with Gasteiger partial charge in [0.2, 0.25) is 0 Å². The van der Waals surface area contributed by atoms with Gasteiger partial charge >= 0.3 is 0 Å². The van der Waals surface area contributed by atoms with E-state index in [4.69, 9.17) is 0 Å². The maximum atomic E-state index is 4.57. The molecule has 0 aromatic carbocycles. The molecule has 0 saturated carbocycles. The molecule has 2 rings (SSSR count). The van der Waals surface area contributed by atoms with E-state index in [2.05, 4.69) is 38.0 Å². The van der Waals surface area contributed by atoms with Crippen LogP contribution in [0.2, 0.25) is 0 Å². The third-order valence-corrected chi connectivity index (χ3v) is 3.66. The molecule has 0 aliphatic carbocycles. The summed E-state index contributed by atoms with van der Waals surface area (Å²) in [6, 6.07) is 1.93. The average molecular weight is 434 g/mol. The van der Waals surface area contributed by atoms with Crippen LogP contribution < -0.4 is 10.6 Å². The van der Waals surface area contributed by atoms with Gasteiger partial charge in [-0.25, -0.2) is 4.98 Å². The summed E-state index contributed by atoms with van der Waals surface area (Å²) < 4.78 is 1.90. The fraction of sp³-hybridized carbons (Fsp3) is 0.500. The Bertz CT molecular complexity index is 551. The second kappa shape index (κ2) is 10.5. The molecule has 0 unspecified atom stereocenters. The lowest BCUT2D eigenvalue weighted by Gasteiger charge is -2.11. The lowest BCUT2D eigenvalue weighted by molar-refractivity contribution is 0.598. The lowest BCUT2D eigenvalue weighted by Crippen LogP contribution is -2.39. The first kappa shape index (κ1) is 18.9. The van der Waals surface area contributed by atoms with Crippen molar-refractivity contribution in [2.45, 2.75) is 26.8 Å². The maximum absolute atomic E-state index is 4.57. The zero-order valence-electron chi connectivity index (χ0n) is 13.0. The van der Waals surface area contributed by atoms with E-state index >= 15 is 0 Å². The highest BCUT2D eigenvalue weighted by Crippen LogP contribution is 2.08. The van der Waals surface area contributed by atoms with Crippen molar-refractivity contribution in [2.75, 3.05) is 19.6 Å². The van der Waals surface area contributed by atoms with E-state index in [0.29, 0.717) is 0 Å². The van der Waals surface area contributed by atoms with Gasteiger partial charge in [0, 0.05) is 43.8 Å². The number of halogens is 1. The number of hydrogen-bond donors (Lipinski definition) is 2. The van der Waals surface area contributed by atoms with Crippen LogP contribution >= 0.6 is 35.3 Å². The van der Waals surface area contributed by atoms with Gasteiger partial charge in [0.05, 0.1) is 17.2 Å². The fourth-order valence-corrected chi connectivity index (χ4v) is 2.52. The number of hydrogen-bond acceptors (Lipinski definition) is 4. The lowest BCUT2D eigenvalue weighted by atomic mass is 10.3. The highest BCUT2D eigenvalue weighted by molar-refractivity contribution is 14.0. The molecule has 0 spiro atoms. The minimum absolute atomic E-state index is 0. The Hall–Kier alpha value is -1.16. The number of aryl methyl sites for hydroxylation is 1. The van der Waals surface area contributed by atoms with Gasteiger partial charge in [-0.2, -0.15) is 5.10 Å². The van der Waals surface area contributed by atoms with Crippen LogP contribution in [0.1, 0.15) is 17.6 Å². The number of aromatic nitrogens is 3. The highest BCUT2D eigenvalue weighted by Gasteiger charge is 2.00. The summed E-state index contributed by atoms with van der Waals surface area (Å²) in [5, 5.41) is 13.9. The minimum atomic E-state index is 0. The van der Waals surface area contributed by atoms with Crippen molar-refractivity contribution >= 4 is 41.3 Å². The normalized spacial score (nSPS) is 11.1. The van der Waals surface area contributed by atoms with Gasteiger partial charge in [0.25, 0.3) is 0 Å². The standard InChI is InChI=1S/C14H22N6S.HI/c1-3-15-14(17-8-10-20-9-4-6-18-20)16-7-5-13-11-21-12(2)19-13;/h4,6,9,11H,3,5,7-8,10H2,1-2H3,(H2,15,16,17);1H. The van der Waals surface area contributed by atoms with E-state index in [9.17, 15) is 0 Å². The van der Waals surface area contributed by atoms with Gasteiger partial charge in [0.15, 0.2) is 5.96 Å². The van der Waals surface area contributed by atoms with Gasteiger partial charge in [-0.15, -0.1) is 35.3 Å². The molecule has 0 saturated heterocycles. The SMILES string of the molecule is CCNC(=NCCc1csc(C)n1)NCCn1cccn1.I. The number of aliphatic imine (C=N–C) groups is 1. The summed E-state index contributed by atoms with van der Waals surface area (Å²) in [6.07, 6.45) is 4.62. The Labute approximate surface area is 152 Å². The van der Waals surface area contributed by atoms with Crippen molar-refractivity contribution in [1.82, 2.24) is 25.4 Å². The molecule has 0 aliphatic rings. The number of rotatable bonds is 7. The zero-order valence-corrected chi connectivity index (χ0v) is 16.1. The van der Waals surface area contributed by atoms with Gasteiger partial charge in [-0.3, -0.25) is 9.67 Å². The Morgan fingerprint density at radius 3 is 2.91 bits per heavy atom. The summed E-state index contributed by atoms with van der Waals surface area (Å²) in [5.74, 6) is 0.844. The van der Waals surface area contributed by atoms with E-state index < -0.39 is 0 Å². The fourth-order valence-electron chi connectivity index (χ4n) is 1.87. The van der Waals surface area contributed by atoms with Gasteiger partial charge in [-0.05, 0) is 19.9 Å². The van der Waals surface area contributed by atoms with Crippen LogP contribution in [0, 0.1) is 6.92 Å². The number of nitrogens with zero attached hydrogens (tertiary/aromatic N) is 4. The number of nitrogens with one attached hydrogen (secondary N) is 2. The molecular weight excluding hydrogens is 411 g/mol. The molecule has 0 fully saturated rings. The van der Waals surface area contributed by atoms with E-state index in [1.165, 1.54) is 0 Å². The third-order valence-electron chi connectivity index (χ3n) is 2.84. The predicted molar refractivity (Wildman–Crippen MR) is 102 cm³/mol. The van der Waals surface area contributed by atoms with Gasteiger partial charge in [-0.1, -0.05) is 0 Å². The summed E-state index contributed by atoms with van der Waals surface area (Å²) in [7, 11) is 0. The van der Waals surface area contributed by atoms with Crippen LogP contribution in [0.5, 0.6) is 0 Å². The van der Waals surface area contributed by atoms with Crippen LogP contribution in [-0.2, 0) is 13.0 Å². The van der Waals surface area contributed by atoms with Crippen molar-refractivity contribution in [3.63, 3.8) is 0 Å². The van der Waals surface area contributed by atoms with Crippen molar-refractivity contribution in [1.29, 1.82) is 0 Å². The quantitative estimate of drug-likeness (QED) is 0.398. The third kappa shape index (κ3) is 6.73. The van der Waals surface area contributed by atoms with E-state index in [1.807, 2.05) is 23.9 Å². The Morgan fingerprint density at radius 1 is 1.41 bits per heavy atom. The Balaban J connectivity index is 0.00000242.